The SMILES string of the molecule is CCOc1ccc2[nH]c(=O)c(CN(CCN3CCOCC3)C(=S)NCc3ccco3)cc2c1. The third-order valence-electron chi connectivity index (χ3n) is 5.64. The number of fused-ring (bicyclic) bond motifs is 1. The maximum atomic E-state index is 12.8. The molecular weight excluding hydrogens is 440 g/mol. The van der Waals surface area contributed by atoms with Gasteiger partial charge in [0.05, 0.1) is 39.2 Å². The number of H-pyrrole nitrogens is 1. The zero-order valence-electron chi connectivity index (χ0n) is 18.8. The Morgan fingerprint density at radius 3 is 2.88 bits per heavy atom. The van der Waals surface area contributed by atoms with Crippen LogP contribution < -0.4 is 15.6 Å². The van der Waals surface area contributed by atoms with Crippen LogP contribution in [-0.4, -0.2) is 65.9 Å². The van der Waals surface area contributed by atoms with Crippen molar-refractivity contribution < 1.29 is 13.9 Å². The van der Waals surface area contributed by atoms with Gasteiger partial charge in [-0.15, -0.1) is 0 Å². The number of aromatic amines is 1. The van der Waals surface area contributed by atoms with Gasteiger partial charge in [0.1, 0.15) is 11.5 Å². The number of ether oxygens (including phenoxy) is 2. The first-order valence-corrected chi connectivity index (χ1v) is 11.7. The van der Waals surface area contributed by atoms with Crippen LogP contribution >= 0.6 is 12.2 Å². The standard InChI is InChI=1S/C24H30N4O4S/c1-2-31-20-5-6-22-18(15-20)14-19(23(29)26-22)17-28(8-7-27-9-12-30-13-10-27)24(33)25-16-21-4-3-11-32-21/h3-6,11,14-15H,2,7-10,12-13,16-17H2,1H3,(H,25,33)(H,26,29). The summed E-state index contributed by atoms with van der Waals surface area (Å²) < 4.78 is 16.5. The Morgan fingerprint density at radius 2 is 2.12 bits per heavy atom. The maximum absolute atomic E-state index is 12.8. The van der Waals surface area contributed by atoms with Crippen molar-refractivity contribution >= 4 is 28.2 Å². The van der Waals surface area contributed by atoms with Crippen molar-refractivity contribution in [3.05, 3.63) is 64.3 Å². The van der Waals surface area contributed by atoms with Crippen molar-refractivity contribution in [1.29, 1.82) is 0 Å². The fourth-order valence-electron chi connectivity index (χ4n) is 3.84. The summed E-state index contributed by atoms with van der Waals surface area (Å²) in [5.41, 5.74) is 1.32. The summed E-state index contributed by atoms with van der Waals surface area (Å²) in [6.07, 6.45) is 1.64. The van der Waals surface area contributed by atoms with Crippen LogP contribution in [0.5, 0.6) is 5.75 Å². The van der Waals surface area contributed by atoms with Gasteiger partial charge in [-0.25, -0.2) is 0 Å². The summed E-state index contributed by atoms with van der Waals surface area (Å²) in [6.45, 7) is 8.25. The van der Waals surface area contributed by atoms with Gasteiger partial charge < -0.3 is 29.1 Å². The Kier molecular flexibility index (Phi) is 7.98. The number of furan rings is 1. The van der Waals surface area contributed by atoms with Crippen molar-refractivity contribution in [2.24, 2.45) is 0 Å². The highest BCUT2D eigenvalue weighted by atomic mass is 32.1. The lowest BCUT2D eigenvalue weighted by molar-refractivity contribution is 0.0357. The molecule has 2 aromatic heterocycles. The van der Waals surface area contributed by atoms with Crippen LogP contribution in [0.25, 0.3) is 10.9 Å². The molecule has 0 amide bonds. The van der Waals surface area contributed by atoms with Crippen molar-refractivity contribution in [2.75, 3.05) is 46.0 Å². The molecule has 4 rings (SSSR count). The first-order valence-electron chi connectivity index (χ1n) is 11.3. The molecule has 176 valence electrons. The van der Waals surface area contributed by atoms with E-state index in [1.807, 2.05) is 48.2 Å². The van der Waals surface area contributed by atoms with E-state index in [1.165, 1.54) is 0 Å². The molecule has 0 atom stereocenters. The van der Waals surface area contributed by atoms with Gasteiger partial charge >= 0.3 is 0 Å². The highest BCUT2D eigenvalue weighted by Crippen LogP contribution is 2.20. The van der Waals surface area contributed by atoms with E-state index in [-0.39, 0.29) is 5.56 Å². The van der Waals surface area contributed by atoms with E-state index in [4.69, 9.17) is 26.1 Å². The summed E-state index contributed by atoms with van der Waals surface area (Å²) in [6, 6.07) is 11.4. The number of pyridine rings is 1. The number of aromatic nitrogens is 1. The molecule has 2 N–H and O–H groups in total. The van der Waals surface area contributed by atoms with Gasteiger partial charge in [0.2, 0.25) is 0 Å². The largest absolute Gasteiger partial charge is 0.494 e. The minimum absolute atomic E-state index is 0.114. The van der Waals surface area contributed by atoms with E-state index in [1.54, 1.807) is 6.26 Å². The summed E-state index contributed by atoms with van der Waals surface area (Å²) >= 11 is 5.71. The lowest BCUT2D eigenvalue weighted by Gasteiger charge is -2.31. The van der Waals surface area contributed by atoms with Crippen LogP contribution in [0.3, 0.4) is 0 Å². The molecule has 8 nitrogen and oxygen atoms in total. The summed E-state index contributed by atoms with van der Waals surface area (Å²) in [4.78, 5) is 20.2. The zero-order valence-corrected chi connectivity index (χ0v) is 19.7. The van der Waals surface area contributed by atoms with Gasteiger partial charge in [-0.1, -0.05) is 0 Å². The third kappa shape index (κ3) is 6.34. The van der Waals surface area contributed by atoms with Gasteiger partial charge in [-0.3, -0.25) is 9.69 Å². The fraction of sp³-hybridized carbons (Fsp3) is 0.417. The molecule has 0 radical (unpaired) electrons. The molecule has 1 aliphatic rings. The average molecular weight is 471 g/mol. The molecular formula is C24H30N4O4S. The minimum atomic E-state index is -0.114. The highest BCUT2D eigenvalue weighted by molar-refractivity contribution is 7.80. The average Bonchev–Trinajstić information content (AvgIpc) is 3.35. The Hall–Kier alpha value is -2.88. The second-order valence-corrected chi connectivity index (χ2v) is 8.31. The molecule has 0 aliphatic carbocycles. The molecule has 0 unspecified atom stereocenters. The second-order valence-electron chi connectivity index (χ2n) is 7.92. The van der Waals surface area contributed by atoms with Gasteiger partial charge in [-0.05, 0) is 55.5 Å². The summed E-state index contributed by atoms with van der Waals surface area (Å²) in [7, 11) is 0. The predicted molar refractivity (Wildman–Crippen MR) is 132 cm³/mol. The molecule has 3 aromatic rings. The van der Waals surface area contributed by atoms with Crippen LogP contribution in [0.2, 0.25) is 0 Å². The molecule has 0 saturated carbocycles. The molecule has 1 saturated heterocycles. The Bertz CT molecular complexity index is 1110. The summed E-state index contributed by atoms with van der Waals surface area (Å²) in [5, 5.41) is 4.78. The maximum Gasteiger partial charge on any atom is 0.253 e. The minimum Gasteiger partial charge on any atom is -0.494 e. The number of thiocarbonyl (C=S) groups is 1. The zero-order chi connectivity index (χ0) is 23.0. The lowest BCUT2D eigenvalue weighted by Crippen LogP contribution is -2.46. The number of nitrogens with zero attached hydrogens (tertiary/aromatic N) is 2. The predicted octanol–water partition coefficient (Wildman–Crippen LogP) is 2.73. The molecule has 1 aliphatic heterocycles. The normalized spacial score (nSPS) is 14.3. The van der Waals surface area contributed by atoms with Gasteiger partial charge in [0.25, 0.3) is 5.56 Å². The first-order chi connectivity index (χ1) is 16.1. The van der Waals surface area contributed by atoms with E-state index in [9.17, 15) is 4.79 Å². The summed E-state index contributed by atoms with van der Waals surface area (Å²) in [5.74, 6) is 1.58. The van der Waals surface area contributed by atoms with Crippen molar-refractivity contribution in [1.82, 2.24) is 20.1 Å². The molecule has 0 spiro atoms. The Balaban J connectivity index is 1.51. The molecule has 0 bridgehead atoms. The number of hydrogen-bond acceptors (Lipinski definition) is 6. The monoisotopic (exact) mass is 470 g/mol. The van der Waals surface area contributed by atoms with E-state index in [0.29, 0.717) is 36.9 Å². The quantitative estimate of drug-likeness (QED) is 0.462. The van der Waals surface area contributed by atoms with Crippen LogP contribution in [0.4, 0.5) is 0 Å². The third-order valence-corrected chi connectivity index (χ3v) is 6.04. The number of nitrogens with one attached hydrogen (secondary N) is 2. The number of rotatable bonds is 9. The Morgan fingerprint density at radius 1 is 1.27 bits per heavy atom. The van der Waals surface area contributed by atoms with Crippen molar-refractivity contribution in [2.45, 2.75) is 20.0 Å². The fourth-order valence-corrected chi connectivity index (χ4v) is 4.06. The topological polar surface area (TPSA) is 83.0 Å². The van der Waals surface area contributed by atoms with Crippen molar-refractivity contribution in [3.63, 3.8) is 0 Å². The van der Waals surface area contributed by atoms with E-state index in [2.05, 4.69) is 15.2 Å². The highest BCUT2D eigenvalue weighted by Gasteiger charge is 2.17. The molecule has 1 aromatic carbocycles. The second kappa shape index (κ2) is 11.3. The van der Waals surface area contributed by atoms with E-state index >= 15 is 0 Å². The number of benzene rings is 1. The van der Waals surface area contributed by atoms with Crippen LogP contribution in [0, 0.1) is 0 Å². The molecule has 1 fully saturated rings. The number of hydrogen-bond donors (Lipinski definition) is 2. The van der Waals surface area contributed by atoms with Crippen LogP contribution in [-0.2, 0) is 17.8 Å². The van der Waals surface area contributed by atoms with Gasteiger partial charge in [-0.2, -0.15) is 0 Å². The smallest absolute Gasteiger partial charge is 0.253 e. The molecule has 3 heterocycles. The van der Waals surface area contributed by atoms with E-state index < -0.39 is 0 Å². The molecule has 9 heteroatoms. The lowest BCUT2D eigenvalue weighted by atomic mass is 10.1. The Labute approximate surface area is 198 Å². The van der Waals surface area contributed by atoms with Gasteiger partial charge in [0.15, 0.2) is 5.11 Å². The first kappa shape index (κ1) is 23.3. The van der Waals surface area contributed by atoms with Crippen LogP contribution in [0.1, 0.15) is 18.2 Å². The van der Waals surface area contributed by atoms with Gasteiger partial charge in [0, 0.05) is 42.6 Å². The van der Waals surface area contributed by atoms with Crippen LogP contribution in [0.15, 0.2) is 51.9 Å². The van der Waals surface area contributed by atoms with Crippen molar-refractivity contribution in [3.8, 4) is 5.75 Å². The number of morpholine rings is 1. The van der Waals surface area contributed by atoms with E-state index in [0.717, 1.165) is 55.3 Å². The molecule has 33 heavy (non-hydrogen) atoms.